The molecule has 35 heavy (non-hydrogen) atoms. The molecule has 7 nitrogen and oxygen atoms in total. The SMILES string of the molecule is Cc1ccccc1-c1noc(CN2CCCC(C(=O)NCc3ccc(CN4CCCC4)cc3)C2)n1. The highest BCUT2D eigenvalue weighted by atomic mass is 16.5. The smallest absolute Gasteiger partial charge is 0.241 e. The number of benzene rings is 2. The molecule has 1 N–H and O–H groups in total. The topological polar surface area (TPSA) is 74.5 Å². The fourth-order valence-electron chi connectivity index (χ4n) is 5.15. The predicted molar refractivity (Wildman–Crippen MR) is 135 cm³/mol. The number of carbonyl (C=O) groups is 1. The van der Waals surface area contributed by atoms with E-state index in [1.54, 1.807) is 0 Å². The first-order valence-electron chi connectivity index (χ1n) is 12.8. The van der Waals surface area contributed by atoms with Crippen LogP contribution in [0.25, 0.3) is 11.4 Å². The van der Waals surface area contributed by atoms with Gasteiger partial charge in [0.2, 0.25) is 17.6 Å². The summed E-state index contributed by atoms with van der Waals surface area (Å²) in [6.07, 6.45) is 4.52. The second kappa shape index (κ2) is 11.1. The second-order valence-corrected chi connectivity index (χ2v) is 9.92. The lowest BCUT2D eigenvalue weighted by atomic mass is 9.97. The highest BCUT2D eigenvalue weighted by Gasteiger charge is 2.27. The van der Waals surface area contributed by atoms with Gasteiger partial charge in [-0.15, -0.1) is 0 Å². The first-order valence-corrected chi connectivity index (χ1v) is 12.8. The van der Waals surface area contributed by atoms with Crippen LogP contribution in [0.1, 0.15) is 48.3 Å². The van der Waals surface area contributed by atoms with Crippen LogP contribution in [-0.4, -0.2) is 52.0 Å². The van der Waals surface area contributed by atoms with Crippen molar-refractivity contribution in [1.82, 2.24) is 25.3 Å². The summed E-state index contributed by atoms with van der Waals surface area (Å²) in [5.41, 5.74) is 4.60. The first-order chi connectivity index (χ1) is 17.1. The third-order valence-corrected chi connectivity index (χ3v) is 7.18. The average molecular weight is 474 g/mol. The summed E-state index contributed by atoms with van der Waals surface area (Å²) in [7, 11) is 0. The lowest BCUT2D eigenvalue weighted by Crippen LogP contribution is -2.42. The van der Waals surface area contributed by atoms with E-state index in [0.717, 1.165) is 42.6 Å². The van der Waals surface area contributed by atoms with Crippen molar-refractivity contribution in [3.8, 4) is 11.4 Å². The molecule has 0 bridgehead atoms. The summed E-state index contributed by atoms with van der Waals surface area (Å²) in [6, 6.07) is 16.7. The van der Waals surface area contributed by atoms with Crippen LogP contribution in [0.3, 0.4) is 0 Å². The maximum Gasteiger partial charge on any atom is 0.241 e. The van der Waals surface area contributed by atoms with Gasteiger partial charge in [-0.2, -0.15) is 4.98 Å². The summed E-state index contributed by atoms with van der Waals surface area (Å²) >= 11 is 0. The number of aromatic nitrogens is 2. The van der Waals surface area contributed by atoms with Gasteiger partial charge in [0.1, 0.15) is 0 Å². The number of aryl methyl sites for hydroxylation is 1. The number of hydrogen-bond donors (Lipinski definition) is 1. The van der Waals surface area contributed by atoms with Crippen LogP contribution in [-0.2, 0) is 24.4 Å². The molecule has 0 spiro atoms. The van der Waals surface area contributed by atoms with Gasteiger partial charge in [0, 0.05) is 25.2 Å². The molecule has 2 fully saturated rings. The molecule has 2 aliphatic heterocycles. The third-order valence-electron chi connectivity index (χ3n) is 7.18. The fourth-order valence-corrected chi connectivity index (χ4v) is 5.15. The average Bonchev–Trinajstić information content (AvgIpc) is 3.56. The van der Waals surface area contributed by atoms with Crippen molar-refractivity contribution in [3.63, 3.8) is 0 Å². The van der Waals surface area contributed by atoms with E-state index >= 15 is 0 Å². The van der Waals surface area contributed by atoms with Gasteiger partial charge in [-0.05, 0) is 68.9 Å². The van der Waals surface area contributed by atoms with Crippen molar-refractivity contribution in [3.05, 3.63) is 71.1 Å². The van der Waals surface area contributed by atoms with Crippen LogP contribution in [0, 0.1) is 12.8 Å². The molecule has 1 aromatic heterocycles. The summed E-state index contributed by atoms with van der Waals surface area (Å²) < 4.78 is 5.52. The lowest BCUT2D eigenvalue weighted by molar-refractivity contribution is -0.127. The molecule has 2 aromatic carbocycles. The number of nitrogens with one attached hydrogen (secondary N) is 1. The van der Waals surface area contributed by atoms with Crippen LogP contribution >= 0.6 is 0 Å². The van der Waals surface area contributed by atoms with Crippen LogP contribution in [0.5, 0.6) is 0 Å². The number of carbonyl (C=O) groups excluding carboxylic acids is 1. The van der Waals surface area contributed by atoms with Crippen molar-refractivity contribution in [2.45, 2.75) is 52.2 Å². The van der Waals surface area contributed by atoms with E-state index in [2.05, 4.69) is 49.5 Å². The standard InChI is InChI=1S/C28H35N5O2/c1-21-7-2-3-9-25(21)27-30-26(35-31-27)20-33-16-6-8-24(19-33)28(34)29-17-22-10-12-23(13-11-22)18-32-14-4-5-15-32/h2-3,7,9-13,24H,4-6,8,14-20H2,1H3,(H,29,34). The van der Waals surface area contributed by atoms with E-state index in [9.17, 15) is 4.79 Å². The molecular weight excluding hydrogens is 438 g/mol. The van der Waals surface area contributed by atoms with Crippen molar-refractivity contribution >= 4 is 5.91 Å². The van der Waals surface area contributed by atoms with Crippen LogP contribution < -0.4 is 5.32 Å². The second-order valence-electron chi connectivity index (χ2n) is 9.92. The molecule has 1 atom stereocenters. The lowest BCUT2D eigenvalue weighted by Gasteiger charge is -2.30. The van der Waals surface area contributed by atoms with Gasteiger partial charge in [-0.25, -0.2) is 0 Å². The Kier molecular flexibility index (Phi) is 7.54. The molecule has 1 amide bonds. The molecule has 2 saturated heterocycles. The number of piperidine rings is 1. The number of nitrogens with zero attached hydrogens (tertiary/aromatic N) is 4. The van der Waals surface area contributed by atoms with E-state index < -0.39 is 0 Å². The Hall–Kier alpha value is -3.03. The zero-order chi connectivity index (χ0) is 24.0. The maximum absolute atomic E-state index is 12.9. The van der Waals surface area contributed by atoms with E-state index in [0.29, 0.717) is 31.3 Å². The molecule has 1 unspecified atom stereocenters. The van der Waals surface area contributed by atoms with E-state index in [4.69, 9.17) is 4.52 Å². The Morgan fingerprint density at radius 1 is 0.971 bits per heavy atom. The Morgan fingerprint density at radius 3 is 2.51 bits per heavy atom. The monoisotopic (exact) mass is 473 g/mol. The zero-order valence-corrected chi connectivity index (χ0v) is 20.6. The number of amides is 1. The Morgan fingerprint density at radius 2 is 1.71 bits per heavy atom. The normalized spacial score (nSPS) is 19.2. The molecule has 5 rings (SSSR count). The van der Waals surface area contributed by atoms with E-state index in [-0.39, 0.29) is 11.8 Å². The summed E-state index contributed by atoms with van der Waals surface area (Å²) in [5.74, 6) is 1.33. The number of likely N-dealkylation sites (tertiary alicyclic amines) is 2. The van der Waals surface area contributed by atoms with Crippen LogP contribution in [0.15, 0.2) is 53.1 Å². The molecule has 184 valence electrons. The molecule has 3 heterocycles. The minimum atomic E-state index is -0.0167. The maximum atomic E-state index is 12.9. The molecule has 0 aliphatic carbocycles. The fraction of sp³-hybridized carbons (Fsp3) is 0.464. The molecule has 0 radical (unpaired) electrons. The predicted octanol–water partition coefficient (Wildman–Crippen LogP) is 4.17. The molecular formula is C28H35N5O2. The van der Waals surface area contributed by atoms with Gasteiger partial charge < -0.3 is 9.84 Å². The Bertz CT molecular complexity index is 1120. The van der Waals surface area contributed by atoms with Crippen molar-refractivity contribution < 1.29 is 9.32 Å². The number of rotatable bonds is 8. The van der Waals surface area contributed by atoms with Gasteiger partial charge in [-0.1, -0.05) is 53.7 Å². The minimum Gasteiger partial charge on any atom is -0.352 e. The van der Waals surface area contributed by atoms with Gasteiger partial charge >= 0.3 is 0 Å². The zero-order valence-electron chi connectivity index (χ0n) is 20.6. The van der Waals surface area contributed by atoms with E-state index in [1.165, 1.54) is 31.5 Å². The number of hydrogen-bond acceptors (Lipinski definition) is 6. The quantitative estimate of drug-likeness (QED) is 0.529. The van der Waals surface area contributed by atoms with Gasteiger partial charge in [0.05, 0.1) is 12.5 Å². The summed E-state index contributed by atoms with van der Waals surface area (Å²) in [4.78, 5) is 22.2. The van der Waals surface area contributed by atoms with E-state index in [1.807, 2.05) is 31.2 Å². The Balaban J connectivity index is 1.10. The summed E-state index contributed by atoms with van der Waals surface area (Å²) in [5, 5.41) is 7.32. The van der Waals surface area contributed by atoms with Gasteiger partial charge in [0.15, 0.2) is 0 Å². The van der Waals surface area contributed by atoms with Crippen molar-refractivity contribution in [2.24, 2.45) is 5.92 Å². The molecule has 7 heteroatoms. The summed E-state index contributed by atoms with van der Waals surface area (Å²) in [6.45, 7) is 8.27. The van der Waals surface area contributed by atoms with Crippen molar-refractivity contribution in [2.75, 3.05) is 26.2 Å². The highest BCUT2D eigenvalue weighted by Crippen LogP contribution is 2.22. The van der Waals surface area contributed by atoms with Crippen LogP contribution in [0.4, 0.5) is 0 Å². The largest absolute Gasteiger partial charge is 0.352 e. The molecule has 3 aromatic rings. The first kappa shape index (κ1) is 23.7. The Labute approximate surface area is 207 Å². The molecule has 2 aliphatic rings. The van der Waals surface area contributed by atoms with Gasteiger partial charge in [0.25, 0.3) is 0 Å². The third kappa shape index (κ3) is 6.16. The van der Waals surface area contributed by atoms with Gasteiger partial charge in [-0.3, -0.25) is 14.6 Å². The van der Waals surface area contributed by atoms with Crippen LogP contribution in [0.2, 0.25) is 0 Å². The minimum absolute atomic E-state index is 0.0167. The molecule has 0 saturated carbocycles. The van der Waals surface area contributed by atoms with Crippen molar-refractivity contribution in [1.29, 1.82) is 0 Å². The highest BCUT2D eigenvalue weighted by molar-refractivity contribution is 5.79.